The van der Waals surface area contributed by atoms with E-state index < -0.39 is 6.73 Å². The molecule has 5 nitrogen and oxygen atoms in total. The largest absolute Gasteiger partial charge is 0.507 e. The molecule has 0 fully saturated rings. The lowest BCUT2D eigenvalue weighted by molar-refractivity contribution is 0.182. The number of rotatable bonds is 3. The number of hydrogen-bond donors (Lipinski definition) is 4. The summed E-state index contributed by atoms with van der Waals surface area (Å²) in [5.41, 5.74) is 1.16. The molecule has 0 amide bonds. The quantitative estimate of drug-likeness (QED) is 0.651. The molecule has 25 heavy (non-hydrogen) atoms. The van der Waals surface area contributed by atoms with Gasteiger partial charge in [-0.25, -0.2) is 0 Å². The molecule has 6 heteroatoms. The summed E-state index contributed by atoms with van der Waals surface area (Å²) in [5, 5.41) is 39.9. The predicted octanol–water partition coefficient (Wildman–Crippen LogP) is 4.30. The van der Waals surface area contributed by atoms with Gasteiger partial charge in [-0.3, -0.25) is 4.57 Å². The highest BCUT2D eigenvalue weighted by Crippen LogP contribution is 2.45. The molecule has 0 aliphatic carbocycles. The second-order valence-corrected chi connectivity index (χ2v) is 9.34. The summed E-state index contributed by atoms with van der Waals surface area (Å²) in [7, 11) is 0. The van der Waals surface area contributed by atoms with Crippen molar-refractivity contribution in [3.63, 3.8) is 0 Å². The van der Waals surface area contributed by atoms with E-state index in [-0.39, 0.29) is 22.6 Å². The smallest absolute Gasteiger partial charge is 0.210 e. The molecule has 1 aromatic carbocycles. The van der Waals surface area contributed by atoms with Crippen LogP contribution < -0.4 is 0 Å². The Hall–Kier alpha value is -1.79. The van der Waals surface area contributed by atoms with E-state index in [1.165, 1.54) is 17.8 Å². The number of aliphatic hydroxyl groups excluding tert-OH is 1. The zero-order valence-corrected chi connectivity index (χ0v) is 16.4. The maximum absolute atomic E-state index is 10.8. The first kappa shape index (κ1) is 19.5. The van der Waals surface area contributed by atoms with Crippen molar-refractivity contribution in [1.29, 1.82) is 0 Å². The van der Waals surface area contributed by atoms with Gasteiger partial charge in [0, 0.05) is 22.1 Å². The molecule has 1 aromatic heterocycles. The topological polar surface area (TPSA) is 85.9 Å². The molecular formula is C19H27NO4S. The summed E-state index contributed by atoms with van der Waals surface area (Å²) >= 11 is 1.28. The first-order chi connectivity index (χ1) is 11.4. The monoisotopic (exact) mass is 365 g/mol. The fourth-order valence-corrected chi connectivity index (χ4v) is 3.63. The van der Waals surface area contributed by atoms with Crippen LogP contribution in [0, 0.1) is 0 Å². The van der Waals surface area contributed by atoms with E-state index in [0.717, 1.165) is 20.6 Å². The average Bonchev–Trinajstić information content (AvgIpc) is 2.72. The standard InChI is InChI=1S/C19H27NO4S/c1-18(2,3)12-7-11(8-13(16(12)23)19(4,5)6)25-14-9-15(22)20(10-21)17(14)24/h7-9,21-24H,10H2,1-6H3. The van der Waals surface area contributed by atoms with E-state index in [1.807, 2.05) is 53.7 Å². The Labute approximate surface area is 152 Å². The van der Waals surface area contributed by atoms with Crippen molar-refractivity contribution < 1.29 is 20.4 Å². The van der Waals surface area contributed by atoms with Crippen LogP contribution >= 0.6 is 11.8 Å². The number of hydrogen-bond acceptors (Lipinski definition) is 5. The van der Waals surface area contributed by atoms with E-state index in [1.54, 1.807) is 0 Å². The maximum atomic E-state index is 10.8. The lowest BCUT2D eigenvalue weighted by atomic mass is 9.79. The van der Waals surface area contributed by atoms with Gasteiger partial charge in [0.1, 0.15) is 12.5 Å². The molecule has 0 unspecified atom stereocenters. The number of nitrogens with zero attached hydrogens (tertiary/aromatic N) is 1. The van der Waals surface area contributed by atoms with Crippen LogP contribution in [0.25, 0.3) is 0 Å². The van der Waals surface area contributed by atoms with Gasteiger partial charge in [-0.1, -0.05) is 53.3 Å². The Morgan fingerprint density at radius 3 is 1.72 bits per heavy atom. The van der Waals surface area contributed by atoms with Gasteiger partial charge in [-0.15, -0.1) is 0 Å². The number of phenolic OH excluding ortho intramolecular Hbond substituents is 1. The van der Waals surface area contributed by atoms with Crippen LogP contribution in [0.5, 0.6) is 17.5 Å². The molecular weight excluding hydrogens is 338 g/mol. The minimum atomic E-state index is -0.506. The molecule has 0 aliphatic rings. The minimum Gasteiger partial charge on any atom is -0.507 e. The Kier molecular flexibility index (Phi) is 5.08. The minimum absolute atomic E-state index is 0.187. The fourth-order valence-electron chi connectivity index (χ4n) is 2.65. The Bertz CT molecular complexity index is 747. The van der Waals surface area contributed by atoms with E-state index in [4.69, 9.17) is 0 Å². The van der Waals surface area contributed by atoms with Gasteiger partial charge >= 0.3 is 0 Å². The van der Waals surface area contributed by atoms with Gasteiger partial charge < -0.3 is 20.4 Å². The van der Waals surface area contributed by atoms with Crippen molar-refractivity contribution in [3.8, 4) is 17.5 Å². The van der Waals surface area contributed by atoms with Gasteiger partial charge in [0.15, 0.2) is 5.88 Å². The highest BCUT2D eigenvalue weighted by atomic mass is 32.2. The van der Waals surface area contributed by atoms with Crippen molar-refractivity contribution in [3.05, 3.63) is 29.3 Å². The van der Waals surface area contributed by atoms with Crippen molar-refractivity contribution >= 4 is 11.8 Å². The zero-order valence-electron chi connectivity index (χ0n) is 15.6. The second kappa shape index (κ2) is 6.50. The molecule has 4 N–H and O–H groups in total. The first-order valence-corrected chi connectivity index (χ1v) is 8.96. The van der Waals surface area contributed by atoms with Crippen LogP contribution in [-0.4, -0.2) is 25.0 Å². The molecule has 1 heterocycles. The first-order valence-electron chi connectivity index (χ1n) is 8.14. The van der Waals surface area contributed by atoms with Crippen LogP contribution in [0.15, 0.2) is 28.0 Å². The van der Waals surface area contributed by atoms with E-state index >= 15 is 0 Å². The van der Waals surface area contributed by atoms with Crippen LogP contribution in [0.1, 0.15) is 52.7 Å². The van der Waals surface area contributed by atoms with Crippen molar-refractivity contribution in [2.75, 3.05) is 0 Å². The molecule has 0 spiro atoms. The highest BCUT2D eigenvalue weighted by molar-refractivity contribution is 7.99. The summed E-state index contributed by atoms with van der Waals surface area (Å²) in [4.78, 5) is 1.29. The summed E-state index contributed by atoms with van der Waals surface area (Å²) < 4.78 is 1.01. The van der Waals surface area contributed by atoms with E-state index in [0.29, 0.717) is 10.6 Å². The second-order valence-electron chi connectivity index (χ2n) is 8.23. The number of aliphatic hydroxyl groups is 1. The Balaban J connectivity index is 2.59. The van der Waals surface area contributed by atoms with E-state index in [9.17, 15) is 20.4 Å². The number of aromatic nitrogens is 1. The number of phenols is 1. The van der Waals surface area contributed by atoms with Crippen LogP contribution in [0.2, 0.25) is 0 Å². The molecule has 2 aromatic rings. The van der Waals surface area contributed by atoms with Gasteiger partial charge in [0.2, 0.25) is 5.88 Å². The molecule has 0 atom stereocenters. The molecule has 0 bridgehead atoms. The third-order valence-corrected chi connectivity index (χ3v) is 5.07. The van der Waals surface area contributed by atoms with Crippen molar-refractivity contribution in [2.45, 2.75) is 68.9 Å². The van der Waals surface area contributed by atoms with Gasteiger partial charge in [-0.05, 0) is 23.0 Å². The summed E-state index contributed by atoms with van der Waals surface area (Å²) in [6.07, 6.45) is 0. The third kappa shape index (κ3) is 3.90. The maximum Gasteiger partial charge on any atom is 0.210 e. The zero-order chi connectivity index (χ0) is 19.2. The Morgan fingerprint density at radius 1 is 0.880 bits per heavy atom. The van der Waals surface area contributed by atoms with Crippen LogP contribution in [0.3, 0.4) is 0 Å². The van der Waals surface area contributed by atoms with Gasteiger partial charge in [0.25, 0.3) is 0 Å². The van der Waals surface area contributed by atoms with Crippen LogP contribution in [-0.2, 0) is 17.6 Å². The normalized spacial score (nSPS) is 12.6. The summed E-state index contributed by atoms with van der Waals surface area (Å²) in [6.45, 7) is 11.7. The summed E-state index contributed by atoms with van der Waals surface area (Å²) in [6, 6.07) is 5.22. The van der Waals surface area contributed by atoms with Crippen molar-refractivity contribution in [1.82, 2.24) is 4.57 Å². The third-order valence-electron chi connectivity index (χ3n) is 4.08. The molecule has 138 valence electrons. The summed E-state index contributed by atoms with van der Waals surface area (Å²) in [5.74, 6) is -0.0922. The van der Waals surface area contributed by atoms with Crippen molar-refractivity contribution in [2.24, 2.45) is 0 Å². The van der Waals surface area contributed by atoms with E-state index in [2.05, 4.69) is 0 Å². The highest BCUT2D eigenvalue weighted by Gasteiger charge is 2.27. The lowest BCUT2D eigenvalue weighted by Crippen LogP contribution is -2.17. The molecule has 0 saturated carbocycles. The Morgan fingerprint density at radius 2 is 1.36 bits per heavy atom. The van der Waals surface area contributed by atoms with Gasteiger partial charge in [0.05, 0.1) is 4.90 Å². The fraction of sp³-hybridized carbons (Fsp3) is 0.474. The average molecular weight is 365 g/mol. The van der Waals surface area contributed by atoms with Gasteiger partial charge in [-0.2, -0.15) is 0 Å². The lowest BCUT2D eigenvalue weighted by Gasteiger charge is -2.28. The predicted molar refractivity (Wildman–Crippen MR) is 99.6 cm³/mol. The molecule has 2 rings (SSSR count). The number of benzene rings is 1. The SMILES string of the molecule is CC(C)(C)c1cc(Sc2cc(O)n(CO)c2O)cc(C(C)(C)C)c1O. The molecule has 0 saturated heterocycles. The van der Waals surface area contributed by atoms with Crippen LogP contribution in [0.4, 0.5) is 0 Å². The molecule has 0 aliphatic heterocycles. The molecule has 0 radical (unpaired) electrons. The number of aromatic hydroxyl groups is 3.